The molecule has 0 fully saturated rings. The van der Waals surface area contributed by atoms with Crippen molar-refractivity contribution in [3.8, 4) is 0 Å². The monoisotopic (exact) mass is 263 g/mol. The van der Waals surface area contributed by atoms with Crippen molar-refractivity contribution < 1.29 is 8.81 Å². The van der Waals surface area contributed by atoms with Crippen LogP contribution in [0.5, 0.6) is 0 Å². The maximum Gasteiger partial charge on any atom is 0.134 e. The first-order valence-electron chi connectivity index (χ1n) is 7.02. The fraction of sp³-hybridized carbons (Fsp3) is 0.500. The van der Waals surface area contributed by atoms with Crippen molar-refractivity contribution in [3.63, 3.8) is 0 Å². The first-order chi connectivity index (χ1) is 9.10. The molecule has 1 heterocycles. The second-order valence-electron chi connectivity index (χ2n) is 5.32. The lowest BCUT2D eigenvalue weighted by atomic mass is 10.00. The topological polar surface area (TPSA) is 25.2 Å². The van der Waals surface area contributed by atoms with Crippen LogP contribution in [0.1, 0.15) is 45.3 Å². The van der Waals surface area contributed by atoms with Crippen molar-refractivity contribution in [2.24, 2.45) is 0 Å². The first-order valence-corrected chi connectivity index (χ1v) is 7.02. The van der Waals surface area contributed by atoms with E-state index in [-0.39, 0.29) is 5.82 Å². The molecule has 0 spiro atoms. The minimum absolute atomic E-state index is 0.217. The third-order valence-electron chi connectivity index (χ3n) is 3.43. The quantitative estimate of drug-likeness (QED) is 0.832. The Morgan fingerprint density at radius 1 is 1.26 bits per heavy atom. The second-order valence-corrected chi connectivity index (χ2v) is 5.32. The van der Waals surface area contributed by atoms with Gasteiger partial charge >= 0.3 is 0 Å². The molecule has 2 nitrogen and oxygen atoms in total. The molecule has 3 heteroatoms. The summed E-state index contributed by atoms with van der Waals surface area (Å²) in [6.07, 6.45) is 2.16. The third kappa shape index (κ3) is 3.57. The highest BCUT2D eigenvalue weighted by Crippen LogP contribution is 2.28. The van der Waals surface area contributed by atoms with Crippen LogP contribution in [-0.4, -0.2) is 12.6 Å². The van der Waals surface area contributed by atoms with Gasteiger partial charge in [-0.15, -0.1) is 0 Å². The molecule has 2 rings (SSSR count). The lowest BCUT2D eigenvalue weighted by Gasteiger charge is -2.16. The Morgan fingerprint density at radius 3 is 2.79 bits per heavy atom. The summed E-state index contributed by atoms with van der Waals surface area (Å²) in [5.41, 5.74) is 0.762. The van der Waals surface area contributed by atoms with Crippen molar-refractivity contribution in [1.82, 2.24) is 5.32 Å². The number of furan rings is 1. The van der Waals surface area contributed by atoms with E-state index in [1.54, 1.807) is 6.07 Å². The molecule has 0 saturated heterocycles. The highest BCUT2D eigenvalue weighted by atomic mass is 19.1. The lowest BCUT2D eigenvalue weighted by molar-refractivity contribution is 0.429. The summed E-state index contributed by atoms with van der Waals surface area (Å²) in [7, 11) is 0. The van der Waals surface area contributed by atoms with E-state index < -0.39 is 0 Å². The summed E-state index contributed by atoms with van der Waals surface area (Å²) in [6.45, 7) is 7.54. The number of hydrogen-bond donors (Lipinski definition) is 1. The van der Waals surface area contributed by atoms with Crippen LogP contribution in [0, 0.1) is 5.82 Å². The van der Waals surface area contributed by atoms with Crippen LogP contribution < -0.4 is 5.32 Å². The lowest BCUT2D eigenvalue weighted by Crippen LogP contribution is -2.27. The molecule has 0 saturated carbocycles. The average molecular weight is 263 g/mol. The SMILES string of the molecule is CCCNC(C)CC(C)c1cc2cc(F)ccc2o1. The smallest absolute Gasteiger partial charge is 0.134 e. The number of fused-ring (bicyclic) bond motifs is 1. The zero-order valence-corrected chi connectivity index (χ0v) is 11.9. The molecule has 1 aromatic heterocycles. The predicted octanol–water partition coefficient (Wildman–Crippen LogP) is 4.45. The van der Waals surface area contributed by atoms with Gasteiger partial charge in [-0.1, -0.05) is 13.8 Å². The summed E-state index contributed by atoms with van der Waals surface area (Å²) in [6, 6.07) is 7.06. The van der Waals surface area contributed by atoms with Crippen LogP contribution in [-0.2, 0) is 0 Å². The van der Waals surface area contributed by atoms with E-state index in [1.165, 1.54) is 12.1 Å². The van der Waals surface area contributed by atoms with Gasteiger partial charge in [-0.2, -0.15) is 0 Å². The van der Waals surface area contributed by atoms with Gasteiger partial charge in [0.2, 0.25) is 0 Å². The highest BCUT2D eigenvalue weighted by molar-refractivity contribution is 5.78. The Morgan fingerprint density at radius 2 is 2.05 bits per heavy atom. The van der Waals surface area contributed by atoms with Crippen LogP contribution in [0.2, 0.25) is 0 Å². The number of nitrogens with one attached hydrogen (secondary N) is 1. The molecule has 1 aromatic carbocycles. The summed E-state index contributed by atoms with van der Waals surface area (Å²) in [4.78, 5) is 0. The summed E-state index contributed by atoms with van der Waals surface area (Å²) >= 11 is 0. The molecular weight excluding hydrogens is 241 g/mol. The highest BCUT2D eigenvalue weighted by Gasteiger charge is 2.15. The first kappa shape index (κ1) is 14.1. The molecule has 2 atom stereocenters. The standard InChI is InChI=1S/C16H22FNO/c1-4-7-18-12(3)8-11(2)16-10-13-9-14(17)5-6-15(13)19-16/h5-6,9-12,18H,4,7-8H2,1-3H3. The number of rotatable bonds is 6. The normalized spacial score (nSPS) is 14.7. The number of benzene rings is 1. The van der Waals surface area contributed by atoms with Crippen molar-refractivity contribution in [2.45, 2.75) is 45.6 Å². The van der Waals surface area contributed by atoms with Gasteiger partial charge in [-0.25, -0.2) is 4.39 Å². The second kappa shape index (κ2) is 6.20. The van der Waals surface area contributed by atoms with E-state index >= 15 is 0 Å². The molecule has 0 amide bonds. The molecular formula is C16H22FNO. The van der Waals surface area contributed by atoms with Crippen molar-refractivity contribution in [3.05, 3.63) is 35.8 Å². The van der Waals surface area contributed by atoms with Gasteiger partial charge in [0.25, 0.3) is 0 Å². The largest absolute Gasteiger partial charge is 0.461 e. The van der Waals surface area contributed by atoms with Gasteiger partial charge < -0.3 is 9.73 Å². The minimum Gasteiger partial charge on any atom is -0.461 e. The van der Waals surface area contributed by atoms with Gasteiger partial charge in [0.1, 0.15) is 17.2 Å². The molecule has 19 heavy (non-hydrogen) atoms. The van der Waals surface area contributed by atoms with Crippen LogP contribution in [0.25, 0.3) is 11.0 Å². The van der Waals surface area contributed by atoms with Gasteiger partial charge in [0, 0.05) is 17.3 Å². The van der Waals surface area contributed by atoms with Crippen LogP contribution in [0.4, 0.5) is 4.39 Å². The van der Waals surface area contributed by atoms with Crippen LogP contribution >= 0.6 is 0 Å². The molecule has 0 bridgehead atoms. The summed E-state index contributed by atoms with van der Waals surface area (Å²) in [5.74, 6) is 1.05. The minimum atomic E-state index is -0.217. The fourth-order valence-corrected chi connectivity index (χ4v) is 2.40. The Bertz CT molecular complexity index is 535. The molecule has 0 aliphatic rings. The van der Waals surface area contributed by atoms with E-state index in [0.717, 1.165) is 36.1 Å². The van der Waals surface area contributed by atoms with Gasteiger partial charge in [-0.3, -0.25) is 0 Å². The van der Waals surface area contributed by atoms with Crippen molar-refractivity contribution >= 4 is 11.0 Å². The number of hydrogen-bond acceptors (Lipinski definition) is 2. The van der Waals surface area contributed by atoms with Gasteiger partial charge in [-0.05, 0) is 50.6 Å². The Balaban J connectivity index is 2.06. The molecule has 2 unspecified atom stereocenters. The fourth-order valence-electron chi connectivity index (χ4n) is 2.40. The number of halogens is 1. The van der Waals surface area contributed by atoms with E-state index in [4.69, 9.17) is 4.42 Å². The van der Waals surface area contributed by atoms with E-state index in [2.05, 4.69) is 26.1 Å². The van der Waals surface area contributed by atoms with E-state index in [0.29, 0.717) is 12.0 Å². The Kier molecular flexibility index (Phi) is 4.59. The maximum absolute atomic E-state index is 13.1. The summed E-state index contributed by atoms with van der Waals surface area (Å²) in [5, 5.41) is 4.32. The maximum atomic E-state index is 13.1. The average Bonchev–Trinajstić information content (AvgIpc) is 2.79. The van der Waals surface area contributed by atoms with Gasteiger partial charge in [0.15, 0.2) is 0 Å². The van der Waals surface area contributed by atoms with Crippen molar-refractivity contribution in [2.75, 3.05) is 6.54 Å². The van der Waals surface area contributed by atoms with Crippen LogP contribution in [0.15, 0.2) is 28.7 Å². The molecule has 1 N–H and O–H groups in total. The summed E-state index contributed by atoms with van der Waals surface area (Å²) < 4.78 is 18.9. The zero-order chi connectivity index (χ0) is 13.8. The Labute approximate surface area is 114 Å². The molecule has 0 aliphatic heterocycles. The van der Waals surface area contributed by atoms with E-state index in [1.807, 2.05) is 6.07 Å². The molecule has 2 aromatic rings. The molecule has 0 aliphatic carbocycles. The van der Waals surface area contributed by atoms with Gasteiger partial charge in [0.05, 0.1) is 0 Å². The molecule has 104 valence electrons. The molecule has 0 radical (unpaired) electrons. The predicted molar refractivity (Wildman–Crippen MR) is 77.0 cm³/mol. The zero-order valence-electron chi connectivity index (χ0n) is 11.9. The van der Waals surface area contributed by atoms with Crippen LogP contribution in [0.3, 0.4) is 0 Å². The third-order valence-corrected chi connectivity index (χ3v) is 3.43. The Hall–Kier alpha value is -1.35. The van der Waals surface area contributed by atoms with Crippen molar-refractivity contribution in [1.29, 1.82) is 0 Å². The van der Waals surface area contributed by atoms with E-state index in [9.17, 15) is 4.39 Å².